The van der Waals surface area contributed by atoms with Crippen LogP contribution in [-0.2, 0) is 14.3 Å². The van der Waals surface area contributed by atoms with Crippen LogP contribution in [0.5, 0.6) is 5.75 Å². The summed E-state index contributed by atoms with van der Waals surface area (Å²) in [6.07, 6.45) is 3.37. The van der Waals surface area contributed by atoms with Gasteiger partial charge in [-0.2, -0.15) is 0 Å². The Morgan fingerprint density at radius 3 is 2.70 bits per heavy atom. The molecule has 126 valence electrons. The van der Waals surface area contributed by atoms with E-state index in [-0.39, 0.29) is 17.6 Å². The smallest absolute Gasteiger partial charge is 0.226 e. The molecule has 5 nitrogen and oxygen atoms in total. The summed E-state index contributed by atoms with van der Waals surface area (Å²) in [5.41, 5.74) is -0.0714. The number of ether oxygens (including phenoxy) is 3. The van der Waals surface area contributed by atoms with Crippen LogP contribution in [0.2, 0.25) is 0 Å². The van der Waals surface area contributed by atoms with Gasteiger partial charge in [-0.15, -0.1) is 0 Å². The van der Waals surface area contributed by atoms with Crippen molar-refractivity contribution in [2.45, 2.75) is 37.4 Å². The summed E-state index contributed by atoms with van der Waals surface area (Å²) in [5, 5.41) is 0. The van der Waals surface area contributed by atoms with Gasteiger partial charge in [-0.25, -0.2) is 0 Å². The number of piperidine rings is 1. The predicted molar refractivity (Wildman–Crippen MR) is 86.5 cm³/mol. The molecule has 2 fully saturated rings. The Bertz CT molecular complexity index is 511. The van der Waals surface area contributed by atoms with Gasteiger partial charge in [0.15, 0.2) is 0 Å². The topological polar surface area (TPSA) is 48.0 Å². The summed E-state index contributed by atoms with van der Waals surface area (Å²) in [7, 11) is 1.73. The molecule has 1 atom stereocenters. The average molecular weight is 319 g/mol. The highest BCUT2D eigenvalue weighted by atomic mass is 16.6. The van der Waals surface area contributed by atoms with Gasteiger partial charge >= 0.3 is 0 Å². The van der Waals surface area contributed by atoms with Crippen LogP contribution >= 0.6 is 0 Å². The number of hydrogen-bond donors (Lipinski definition) is 0. The zero-order valence-corrected chi connectivity index (χ0v) is 13.7. The Labute approximate surface area is 137 Å². The van der Waals surface area contributed by atoms with Crippen LogP contribution in [0.15, 0.2) is 30.3 Å². The number of rotatable bonds is 5. The van der Waals surface area contributed by atoms with Crippen molar-refractivity contribution in [3.63, 3.8) is 0 Å². The Kier molecular flexibility index (Phi) is 5.18. The lowest BCUT2D eigenvalue weighted by Gasteiger charge is -2.38. The highest BCUT2D eigenvalue weighted by Gasteiger charge is 2.43. The number of nitrogens with zero attached hydrogens (tertiary/aromatic N) is 1. The van der Waals surface area contributed by atoms with Crippen LogP contribution in [0.4, 0.5) is 0 Å². The number of carbonyl (C=O) groups is 1. The molecule has 2 aliphatic rings. The summed E-state index contributed by atoms with van der Waals surface area (Å²) in [6, 6.07) is 9.60. The van der Waals surface area contributed by atoms with Crippen molar-refractivity contribution < 1.29 is 19.0 Å². The van der Waals surface area contributed by atoms with E-state index in [1.54, 1.807) is 7.11 Å². The molecule has 2 aliphatic heterocycles. The number of para-hydroxylation sites is 1. The molecule has 0 N–H and O–H groups in total. The molecule has 3 rings (SSSR count). The molecule has 1 aromatic rings. The number of likely N-dealkylation sites (tertiary alicyclic amines) is 1. The quantitative estimate of drug-likeness (QED) is 0.835. The molecule has 5 heteroatoms. The lowest BCUT2D eigenvalue weighted by molar-refractivity contribution is -0.136. The second-order valence-electron chi connectivity index (χ2n) is 6.35. The van der Waals surface area contributed by atoms with Gasteiger partial charge < -0.3 is 19.1 Å². The van der Waals surface area contributed by atoms with Crippen LogP contribution in [0.3, 0.4) is 0 Å². The summed E-state index contributed by atoms with van der Waals surface area (Å²) < 4.78 is 17.0. The molecule has 1 aromatic carbocycles. The first-order valence-electron chi connectivity index (χ1n) is 8.33. The van der Waals surface area contributed by atoms with E-state index in [0.29, 0.717) is 19.6 Å². The van der Waals surface area contributed by atoms with Crippen LogP contribution in [-0.4, -0.2) is 55.9 Å². The van der Waals surface area contributed by atoms with Crippen LogP contribution in [0, 0.1) is 0 Å². The van der Waals surface area contributed by atoms with Gasteiger partial charge in [-0.05, 0) is 25.0 Å². The van der Waals surface area contributed by atoms with Crippen LogP contribution in [0.25, 0.3) is 0 Å². The highest BCUT2D eigenvalue weighted by molar-refractivity contribution is 5.76. The number of methoxy groups -OCH3 is 1. The molecule has 23 heavy (non-hydrogen) atoms. The molecule has 0 bridgehead atoms. The zero-order valence-electron chi connectivity index (χ0n) is 13.7. The molecule has 2 heterocycles. The molecule has 0 radical (unpaired) electrons. The third-order valence-electron chi connectivity index (χ3n) is 4.86. The van der Waals surface area contributed by atoms with Gasteiger partial charge in [-0.1, -0.05) is 18.2 Å². The Balaban J connectivity index is 1.40. The van der Waals surface area contributed by atoms with E-state index in [0.717, 1.165) is 38.1 Å². The normalized spacial score (nSPS) is 23.2. The van der Waals surface area contributed by atoms with E-state index >= 15 is 0 Å². The van der Waals surface area contributed by atoms with Gasteiger partial charge in [0.05, 0.1) is 31.3 Å². The first-order valence-corrected chi connectivity index (χ1v) is 8.33. The lowest BCUT2D eigenvalue weighted by Crippen LogP contribution is -2.46. The Hall–Kier alpha value is -1.59. The van der Waals surface area contributed by atoms with E-state index in [1.807, 2.05) is 35.2 Å². The van der Waals surface area contributed by atoms with Crippen molar-refractivity contribution in [2.24, 2.45) is 0 Å². The summed E-state index contributed by atoms with van der Waals surface area (Å²) >= 11 is 0. The molecule has 1 amide bonds. The van der Waals surface area contributed by atoms with Crippen molar-refractivity contribution >= 4 is 5.91 Å². The number of amides is 1. The van der Waals surface area contributed by atoms with E-state index in [4.69, 9.17) is 14.2 Å². The number of benzene rings is 1. The predicted octanol–water partition coefficient (Wildman–Crippen LogP) is 2.25. The number of carbonyl (C=O) groups excluding carboxylic acids is 1. The second kappa shape index (κ2) is 7.32. The molecule has 0 saturated carbocycles. The lowest BCUT2D eigenvalue weighted by atomic mass is 9.88. The first kappa shape index (κ1) is 16.3. The minimum atomic E-state index is -0.0714. The standard InChI is InChI=1S/C18H25NO4/c1-21-16-13-18(23-14-16)8-10-19(11-9-18)17(20)7-12-22-15-5-3-2-4-6-15/h2-6,16H,7-14H2,1H3. The fraction of sp³-hybridized carbons (Fsp3) is 0.611. The van der Waals surface area contributed by atoms with Crippen LogP contribution in [0.1, 0.15) is 25.7 Å². The third kappa shape index (κ3) is 4.03. The maximum atomic E-state index is 12.3. The summed E-state index contributed by atoms with van der Waals surface area (Å²) in [5.74, 6) is 0.972. The molecule has 2 saturated heterocycles. The van der Waals surface area contributed by atoms with E-state index in [2.05, 4.69) is 0 Å². The summed E-state index contributed by atoms with van der Waals surface area (Å²) in [4.78, 5) is 14.2. The first-order chi connectivity index (χ1) is 11.2. The van der Waals surface area contributed by atoms with Gasteiger partial charge in [0, 0.05) is 26.6 Å². The van der Waals surface area contributed by atoms with Crippen molar-refractivity contribution in [1.29, 1.82) is 0 Å². The molecular weight excluding hydrogens is 294 g/mol. The zero-order chi connectivity index (χ0) is 16.1. The van der Waals surface area contributed by atoms with E-state index in [9.17, 15) is 4.79 Å². The molecule has 1 unspecified atom stereocenters. The van der Waals surface area contributed by atoms with Gasteiger partial charge in [-0.3, -0.25) is 4.79 Å². The second-order valence-corrected chi connectivity index (χ2v) is 6.35. The maximum absolute atomic E-state index is 12.3. The van der Waals surface area contributed by atoms with Gasteiger partial charge in [0.1, 0.15) is 5.75 Å². The molecule has 0 aromatic heterocycles. The third-order valence-corrected chi connectivity index (χ3v) is 4.86. The fourth-order valence-electron chi connectivity index (χ4n) is 3.40. The monoisotopic (exact) mass is 319 g/mol. The SMILES string of the molecule is COC1COC2(CCN(C(=O)CCOc3ccccc3)CC2)C1. The van der Waals surface area contributed by atoms with Gasteiger partial charge in [0.2, 0.25) is 5.91 Å². The fourth-order valence-corrected chi connectivity index (χ4v) is 3.40. The van der Waals surface area contributed by atoms with Crippen molar-refractivity contribution in [3.8, 4) is 5.75 Å². The minimum absolute atomic E-state index is 0.0714. The molecular formula is C18H25NO4. The average Bonchev–Trinajstić information content (AvgIpc) is 2.99. The van der Waals surface area contributed by atoms with Crippen LogP contribution < -0.4 is 4.74 Å². The van der Waals surface area contributed by atoms with Crippen molar-refractivity contribution in [2.75, 3.05) is 33.4 Å². The largest absolute Gasteiger partial charge is 0.493 e. The highest BCUT2D eigenvalue weighted by Crippen LogP contribution is 2.36. The molecule has 0 aliphatic carbocycles. The van der Waals surface area contributed by atoms with E-state index < -0.39 is 0 Å². The van der Waals surface area contributed by atoms with Gasteiger partial charge in [0.25, 0.3) is 0 Å². The van der Waals surface area contributed by atoms with Crippen molar-refractivity contribution in [3.05, 3.63) is 30.3 Å². The molecule has 1 spiro atoms. The van der Waals surface area contributed by atoms with Crippen molar-refractivity contribution in [1.82, 2.24) is 4.90 Å². The summed E-state index contributed by atoms with van der Waals surface area (Å²) in [6.45, 7) is 2.63. The number of hydrogen-bond acceptors (Lipinski definition) is 4. The maximum Gasteiger partial charge on any atom is 0.226 e. The Morgan fingerprint density at radius 2 is 2.04 bits per heavy atom. The Morgan fingerprint density at radius 1 is 1.30 bits per heavy atom. The minimum Gasteiger partial charge on any atom is -0.493 e. The van der Waals surface area contributed by atoms with E-state index in [1.165, 1.54) is 0 Å².